The largest absolute Gasteiger partial charge is 0.423 e. The molecule has 0 aliphatic heterocycles. The number of rotatable bonds is 4. The molecule has 21 heavy (non-hydrogen) atoms. The number of carbonyl (C=O) groups excluding carboxylic acids is 1. The van der Waals surface area contributed by atoms with Crippen molar-refractivity contribution in [2.45, 2.75) is 0 Å². The summed E-state index contributed by atoms with van der Waals surface area (Å²) in [4.78, 5) is 24.0. The molecule has 0 saturated heterocycles. The molecule has 5 nitrogen and oxygen atoms in total. The van der Waals surface area contributed by atoms with E-state index in [1.165, 1.54) is 12.7 Å². The van der Waals surface area contributed by atoms with Gasteiger partial charge in [-0.25, -0.2) is 4.98 Å². The molecular formula is C16H11N3O2. The molecule has 0 bridgehead atoms. The van der Waals surface area contributed by atoms with Crippen molar-refractivity contribution in [3.05, 3.63) is 78.4 Å². The van der Waals surface area contributed by atoms with Crippen LogP contribution in [0.15, 0.2) is 67.3 Å². The highest BCUT2D eigenvalue weighted by Gasteiger charge is 2.15. The maximum absolute atomic E-state index is 12.5. The lowest BCUT2D eigenvalue weighted by molar-refractivity contribution is 0.103. The SMILES string of the molecule is O=C(c1ccccc1)c1ccccc1Oc1ncncn1. The Morgan fingerprint density at radius 3 is 2.29 bits per heavy atom. The smallest absolute Gasteiger partial charge is 0.324 e. The zero-order valence-electron chi connectivity index (χ0n) is 11.0. The predicted molar refractivity (Wildman–Crippen MR) is 76.2 cm³/mol. The van der Waals surface area contributed by atoms with Crippen molar-refractivity contribution in [3.8, 4) is 11.8 Å². The van der Waals surface area contributed by atoms with Gasteiger partial charge in [-0.15, -0.1) is 0 Å². The lowest BCUT2D eigenvalue weighted by atomic mass is 10.0. The van der Waals surface area contributed by atoms with Gasteiger partial charge in [0.1, 0.15) is 18.4 Å². The number of nitrogens with zero attached hydrogens (tertiary/aromatic N) is 3. The number of aromatic nitrogens is 3. The molecule has 0 saturated carbocycles. The fraction of sp³-hybridized carbons (Fsp3) is 0. The maximum atomic E-state index is 12.5. The van der Waals surface area contributed by atoms with Gasteiger partial charge in [0.05, 0.1) is 5.56 Å². The highest BCUT2D eigenvalue weighted by atomic mass is 16.5. The van der Waals surface area contributed by atoms with Gasteiger partial charge in [-0.3, -0.25) is 4.79 Å². The van der Waals surface area contributed by atoms with Gasteiger partial charge in [0.2, 0.25) is 0 Å². The summed E-state index contributed by atoms with van der Waals surface area (Å²) in [6, 6.07) is 16.2. The number of hydrogen-bond acceptors (Lipinski definition) is 5. The number of ketones is 1. The Morgan fingerprint density at radius 2 is 1.52 bits per heavy atom. The Bertz CT molecular complexity index is 746. The Balaban J connectivity index is 1.95. The first-order valence-electron chi connectivity index (χ1n) is 6.33. The van der Waals surface area contributed by atoms with E-state index in [1.54, 1.807) is 36.4 Å². The molecule has 0 amide bonds. The summed E-state index contributed by atoms with van der Waals surface area (Å²) >= 11 is 0. The Labute approximate surface area is 121 Å². The summed E-state index contributed by atoms with van der Waals surface area (Å²) in [7, 11) is 0. The fourth-order valence-electron chi connectivity index (χ4n) is 1.87. The highest BCUT2D eigenvalue weighted by Crippen LogP contribution is 2.24. The molecule has 0 fully saturated rings. The van der Waals surface area contributed by atoms with Gasteiger partial charge in [-0.05, 0) is 12.1 Å². The second-order valence-corrected chi connectivity index (χ2v) is 4.21. The molecule has 5 heteroatoms. The van der Waals surface area contributed by atoms with Crippen LogP contribution in [0.3, 0.4) is 0 Å². The van der Waals surface area contributed by atoms with Crippen LogP contribution in [-0.2, 0) is 0 Å². The first kappa shape index (κ1) is 12.9. The van der Waals surface area contributed by atoms with Crippen molar-refractivity contribution in [1.29, 1.82) is 0 Å². The van der Waals surface area contributed by atoms with E-state index in [4.69, 9.17) is 4.74 Å². The van der Waals surface area contributed by atoms with E-state index in [2.05, 4.69) is 15.0 Å². The summed E-state index contributed by atoms with van der Waals surface area (Å²) < 4.78 is 5.57. The van der Waals surface area contributed by atoms with Crippen molar-refractivity contribution in [2.24, 2.45) is 0 Å². The third-order valence-electron chi connectivity index (χ3n) is 2.84. The van der Waals surface area contributed by atoms with Gasteiger partial charge in [-0.1, -0.05) is 42.5 Å². The molecule has 3 aromatic rings. The average molecular weight is 277 g/mol. The summed E-state index contributed by atoms with van der Waals surface area (Å²) in [5.74, 6) is 0.304. The summed E-state index contributed by atoms with van der Waals surface area (Å²) in [5.41, 5.74) is 1.06. The second-order valence-electron chi connectivity index (χ2n) is 4.21. The third kappa shape index (κ3) is 2.92. The maximum Gasteiger partial charge on any atom is 0.324 e. The van der Waals surface area contributed by atoms with Gasteiger partial charge >= 0.3 is 6.01 Å². The minimum Gasteiger partial charge on any atom is -0.423 e. The van der Waals surface area contributed by atoms with E-state index >= 15 is 0 Å². The van der Waals surface area contributed by atoms with Crippen LogP contribution in [0.25, 0.3) is 0 Å². The van der Waals surface area contributed by atoms with Crippen molar-refractivity contribution in [2.75, 3.05) is 0 Å². The Hall–Kier alpha value is -3.08. The Kier molecular flexibility index (Phi) is 3.64. The van der Waals surface area contributed by atoms with Gasteiger partial charge in [-0.2, -0.15) is 9.97 Å². The van der Waals surface area contributed by atoms with Crippen LogP contribution in [-0.4, -0.2) is 20.7 Å². The second kappa shape index (κ2) is 5.92. The van der Waals surface area contributed by atoms with E-state index in [0.717, 1.165) is 0 Å². The first-order chi connectivity index (χ1) is 10.3. The van der Waals surface area contributed by atoms with E-state index < -0.39 is 0 Å². The minimum atomic E-state index is -0.111. The van der Waals surface area contributed by atoms with E-state index in [9.17, 15) is 4.79 Å². The average Bonchev–Trinajstić information content (AvgIpc) is 2.56. The van der Waals surface area contributed by atoms with Gasteiger partial charge < -0.3 is 4.74 Å². The number of carbonyl (C=O) groups is 1. The summed E-state index contributed by atoms with van der Waals surface area (Å²) in [6.07, 6.45) is 2.67. The third-order valence-corrected chi connectivity index (χ3v) is 2.84. The number of para-hydroxylation sites is 1. The van der Waals surface area contributed by atoms with Crippen molar-refractivity contribution < 1.29 is 9.53 Å². The van der Waals surface area contributed by atoms with E-state index in [1.807, 2.05) is 18.2 Å². The fourth-order valence-corrected chi connectivity index (χ4v) is 1.87. The summed E-state index contributed by atoms with van der Waals surface area (Å²) in [6.45, 7) is 0. The summed E-state index contributed by atoms with van der Waals surface area (Å²) in [5, 5.41) is 0. The van der Waals surface area contributed by atoms with E-state index in [-0.39, 0.29) is 11.8 Å². The molecule has 0 aliphatic rings. The monoisotopic (exact) mass is 277 g/mol. The zero-order chi connectivity index (χ0) is 14.5. The van der Waals surface area contributed by atoms with Crippen LogP contribution in [0.2, 0.25) is 0 Å². The van der Waals surface area contributed by atoms with Crippen LogP contribution < -0.4 is 4.74 Å². The van der Waals surface area contributed by atoms with Crippen molar-refractivity contribution >= 4 is 5.78 Å². The first-order valence-corrected chi connectivity index (χ1v) is 6.33. The van der Waals surface area contributed by atoms with Crippen molar-refractivity contribution in [1.82, 2.24) is 15.0 Å². The number of hydrogen-bond donors (Lipinski definition) is 0. The molecule has 3 rings (SSSR count). The predicted octanol–water partition coefficient (Wildman–Crippen LogP) is 2.89. The molecule has 0 spiro atoms. The molecule has 2 aromatic carbocycles. The van der Waals surface area contributed by atoms with Gasteiger partial charge in [0, 0.05) is 5.56 Å². The molecule has 0 N–H and O–H groups in total. The minimum absolute atomic E-state index is 0.111. The van der Waals surface area contributed by atoms with Gasteiger partial charge in [0.25, 0.3) is 0 Å². The quantitative estimate of drug-likeness (QED) is 0.686. The van der Waals surface area contributed by atoms with Crippen LogP contribution in [0, 0.1) is 0 Å². The molecule has 102 valence electrons. The lowest BCUT2D eigenvalue weighted by Gasteiger charge is -2.08. The molecule has 0 atom stereocenters. The Morgan fingerprint density at radius 1 is 0.857 bits per heavy atom. The molecule has 0 unspecified atom stereocenters. The zero-order valence-corrected chi connectivity index (χ0v) is 11.0. The number of benzene rings is 2. The van der Waals surface area contributed by atoms with Crippen molar-refractivity contribution in [3.63, 3.8) is 0 Å². The normalized spacial score (nSPS) is 10.1. The number of ether oxygens (including phenoxy) is 1. The standard InChI is InChI=1S/C16H11N3O2/c20-15(12-6-2-1-3-7-12)13-8-4-5-9-14(13)21-16-18-10-17-11-19-16/h1-11H. The van der Waals surface area contributed by atoms with Crippen LogP contribution >= 0.6 is 0 Å². The van der Waals surface area contributed by atoms with Crippen LogP contribution in [0.5, 0.6) is 11.8 Å². The van der Waals surface area contributed by atoms with Crippen LogP contribution in [0.1, 0.15) is 15.9 Å². The molecule has 0 radical (unpaired) electrons. The van der Waals surface area contributed by atoms with Gasteiger partial charge in [0.15, 0.2) is 5.78 Å². The lowest BCUT2D eigenvalue weighted by Crippen LogP contribution is -2.04. The molecule has 1 heterocycles. The molecule has 1 aromatic heterocycles. The van der Waals surface area contributed by atoms with Crippen LogP contribution in [0.4, 0.5) is 0 Å². The van der Waals surface area contributed by atoms with E-state index in [0.29, 0.717) is 16.9 Å². The molecular weight excluding hydrogens is 266 g/mol. The molecule has 0 aliphatic carbocycles. The highest BCUT2D eigenvalue weighted by molar-refractivity contribution is 6.10. The topological polar surface area (TPSA) is 65.0 Å².